The van der Waals surface area contributed by atoms with Gasteiger partial charge in [0.25, 0.3) is 0 Å². The summed E-state index contributed by atoms with van der Waals surface area (Å²) in [6, 6.07) is 15.9. The van der Waals surface area contributed by atoms with Crippen molar-refractivity contribution in [1.29, 1.82) is 0 Å². The molecule has 1 aliphatic rings. The summed E-state index contributed by atoms with van der Waals surface area (Å²) in [7, 11) is 1.64. The Kier molecular flexibility index (Phi) is 5.09. The highest BCUT2D eigenvalue weighted by atomic mass is 35.5. The molecule has 23 heavy (non-hydrogen) atoms. The van der Waals surface area contributed by atoms with Gasteiger partial charge in [-0.25, -0.2) is 0 Å². The van der Waals surface area contributed by atoms with Crippen molar-refractivity contribution in [2.75, 3.05) is 26.1 Å². The molecule has 3 rings (SSSR count). The topological polar surface area (TPSA) is 32.7 Å². The maximum atomic E-state index is 10.3. The van der Waals surface area contributed by atoms with Gasteiger partial charge in [-0.3, -0.25) is 4.90 Å². The minimum absolute atomic E-state index is 0.187. The van der Waals surface area contributed by atoms with E-state index in [1.807, 2.05) is 18.2 Å². The zero-order valence-corrected chi connectivity index (χ0v) is 14.0. The molecule has 0 aliphatic carbocycles. The molecule has 0 radical (unpaired) electrons. The van der Waals surface area contributed by atoms with Crippen LogP contribution in [0.4, 0.5) is 0 Å². The van der Waals surface area contributed by atoms with Crippen molar-refractivity contribution in [2.24, 2.45) is 5.92 Å². The van der Waals surface area contributed by atoms with Crippen molar-refractivity contribution < 1.29 is 9.84 Å². The lowest BCUT2D eigenvalue weighted by Crippen LogP contribution is -2.20. The van der Waals surface area contributed by atoms with E-state index in [1.54, 1.807) is 13.2 Å². The molecule has 0 saturated carbocycles. The molecular weight excluding hydrogens is 310 g/mol. The first-order chi connectivity index (χ1) is 11.2. The van der Waals surface area contributed by atoms with Gasteiger partial charge >= 0.3 is 0 Å². The monoisotopic (exact) mass is 331 g/mol. The zero-order chi connectivity index (χ0) is 16.2. The van der Waals surface area contributed by atoms with E-state index in [1.165, 1.54) is 5.56 Å². The second kappa shape index (κ2) is 7.24. The van der Waals surface area contributed by atoms with Crippen LogP contribution in [0.25, 0.3) is 0 Å². The van der Waals surface area contributed by atoms with E-state index in [0.717, 1.165) is 30.9 Å². The van der Waals surface area contributed by atoms with E-state index in [2.05, 4.69) is 29.2 Å². The van der Waals surface area contributed by atoms with Gasteiger partial charge in [0.2, 0.25) is 0 Å². The predicted molar refractivity (Wildman–Crippen MR) is 93.3 cm³/mol. The molecule has 2 aromatic carbocycles. The second-order valence-electron chi connectivity index (χ2n) is 6.09. The number of likely N-dealkylation sites (tertiary alicyclic amines) is 1. The summed E-state index contributed by atoms with van der Waals surface area (Å²) >= 11 is 6.22. The number of hydrogen-bond donors (Lipinski definition) is 1. The fourth-order valence-electron chi connectivity index (χ4n) is 3.50. The fraction of sp³-hybridized carbons (Fsp3) is 0.368. The molecule has 1 heterocycles. The highest BCUT2D eigenvalue weighted by Crippen LogP contribution is 2.42. The van der Waals surface area contributed by atoms with E-state index in [4.69, 9.17) is 16.3 Å². The quantitative estimate of drug-likeness (QED) is 0.845. The number of aromatic hydroxyl groups is 1. The molecular formula is C19H22ClNO2. The Hall–Kier alpha value is -1.71. The van der Waals surface area contributed by atoms with Crippen LogP contribution in [0.15, 0.2) is 48.5 Å². The highest BCUT2D eigenvalue weighted by molar-refractivity contribution is 6.18. The Morgan fingerprint density at radius 3 is 2.61 bits per heavy atom. The molecule has 0 bridgehead atoms. The van der Waals surface area contributed by atoms with Gasteiger partial charge < -0.3 is 9.84 Å². The van der Waals surface area contributed by atoms with E-state index in [9.17, 15) is 5.11 Å². The minimum atomic E-state index is 0.187. The van der Waals surface area contributed by atoms with Crippen molar-refractivity contribution in [1.82, 2.24) is 4.90 Å². The summed E-state index contributed by atoms with van der Waals surface area (Å²) in [5.74, 6) is 2.11. The fourth-order valence-corrected chi connectivity index (χ4v) is 3.81. The molecule has 0 unspecified atom stereocenters. The molecule has 4 heteroatoms. The van der Waals surface area contributed by atoms with Gasteiger partial charge in [-0.05, 0) is 23.6 Å². The van der Waals surface area contributed by atoms with Crippen LogP contribution < -0.4 is 4.74 Å². The minimum Gasteiger partial charge on any atom is -0.508 e. The van der Waals surface area contributed by atoms with E-state index < -0.39 is 0 Å². The smallest absolute Gasteiger partial charge is 0.126 e. The van der Waals surface area contributed by atoms with Crippen LogP contribution >= 0.6 is 11.6 Å². The van der Waals surface area contributed by atoms with E-state index in [-0.39, 0.29) is 5.92 Å². The van der Waals surface area contributed by atoms with Crippen LogP contribution in [0, 0.1) is 5.92 Å². The lowest BCUT2D eigenvalue weighted by Gasteiger charge is -2.20. The first-order valence-corrected chi connectivity index (χ1v) is 8.44. The van der Waals surface area contributed by atoms with E-state index in [0.29, 0.717) is 17.5 Å². The summed E-state index contributed by atoms with van der Waals surface area (Å²) in [5, 5.41) is 10.3. The third-order valence-corrected chi connectivity index (χ3v) is 4.99. The van der Waals surface area contributed by atoms with Crippen LogP contribution in [0.3, 0.4) is 0 Å². The summed E-state index contributed by atoms with van der Waals surface area (Å²) in [6.07, 6.45) is 0. The molecule has 0 amide bonds. The third-order valence-electron chi connectivity index (χ3n) is 4.60. The summed E-state index contributed by atoms with van der Waals surface area (Å²) < 4.78 is 5.46. The average Bonchev–Trinajstić information content (AvgIpc) is 2.97. The van der Waals surface area contributed by atoms with Crippen molar-refractivity contribution in [3.05, 3.63) is 59.7 Å². The van der Waals surface area contributed by atoms with Crippen LogP contribution in [-0.4, -0.2) is 36.1 Å². The summed E-state index contributed by atoms with van der Waals surface area (Å²) in [4.78, 5) is 2.40. The lowest BCUT2D eigenvalue weighted by atomic mass is 9.89. The molecule has 1 aliphatic heterocycles. The highest BCUT2D eigenvalue weighted by Gasteiger charge is 2.36. The van der Waals surface area contributed by atoms with Crippen LogP contribution in [0.5, 0.6) is 11.5 Å². The maximum absolute atomic E-state index is 10.3. The standard InChI is InChI=1S/C19H22ClNO2/c1-23-18-9-5-8-17(22)19(18)16-13-21(12-15(16)10-20)11-14-6-3-2-4-7-14/h2-9,15-16,22H,10-13H2,1H3/t15-,16-/m1/s1. The maximum Gasteiger partial charge on any atom is 0.126 e. The first kappa shape index (κ1) is 16.2. The number of nitrogens with zero attached hydrogens (tertiary/aromatic N) is 1. The Morgan fingerprint density at radius 2 is 1.91 bits per heavy atom. The average molecular weight is 332 g/mol. The van der Waals surface area contributed by atoms with Crippen molar-refractivity contribution in [3.63, 3.8) is 0 Å². The number of alkyl halides is 1. The zero-order valence-electron chi connectivity index (χ0n) is 13.3. The van der Waals surface area contributed by atoms with Crippen LogP contribution in [0.2, 0.25) is 0 Å². The number of rotatable bonds is 5. The van der Waals surface area contributed by atoms with Crippen molar-refractivity contribution in [2.45, 2.75) is 12.5 Å². The number of hydrogen-bond acceptors (Lipinski definition) is 3. The number of benzene rings is 2. The van der Waals surface area contributed by atoms with Gasteiger partial charge in [0, 0.05) is 37.0 Å². The molecule has 1 fully saturated rings. The Labute approximate surface area is 142 Å². The number of methoxy groups -OCH3 is 1. The molecule has 3 nitrogen and oxygen atoms in total. The van der Waals surface area contributed by atoms with Gasteiger partial charge in [-0.1, -0.05) is 36.4 Å². The van der Waals surface area contributed by atoms with Gasteiger partial charge in [-0.15, -0.1) is 11.6 Å². The molecule has 0 aromatic heterocycles. The molecule has 0 spiro atoms. The van der Waals surface area contributed by atoms with Gasteiger partial charge in [0.05, 0.1) is 7.11 Å². The lowest BCUT2D eigenvalue weighted by molar-refractivity contribution is 0.318. The SMILES string of the molecule is COc1cccc(O)c1[C@@H]1CN(Cc2ccccc2)C[C@H]1CCl. The second-order valence-corrected chi connectivity index (χ2v) is 6.40. The van der Waals surface area contributed by atoms with Gasteiger partial charge in [0.15, 0.2) is 0 Å². The number of phenolic OH excluding ortho intramolecular Hbond substituents is 1. The van der Waals surface area contributed by atoms with Gasteiger partial charge in [-0.2, -0.15) is 0 Å². The molecule has 1 saturated heterocycles. The Morgan fingerprint density at radius 1 is 1.13 bits per heavy atom. The normalized spacial score (nSPS) is 21.5. The summed E-state index contributed by atoms with van der Waals surface area (Å²) in [5.41, 5.74) is 2.18. The van der Waals surface area contributed by atoms with E-state index >= 15 is 0 Å². The molecule has 2 aromatic rings. The predicted octanol–water partition coefficient (Wildman–Crippen LogP) is 3.86. The van der Waals surface area contributed by atoms with Crippen LogP contribution in [0.1, 0.15) is 17.0 Å². The van der Waals surface area contributed by atoms with Crippen molar-refractivity contribution in [3.8, 4) is 11.5 Å². The Balaban J connectivity index is 1.83. The number of halogens is 1. The molecule has 1 N–H and O–H groups in total. The first-order valence-electron chi connectivity index (χ1n) is 7.91. The molecule has 2 atom stereocenters. The number of phenols is 1. The van der Waals surface area contributed by atoms with Crippen LogP contribution in [-0.2, 0) is 6.54 Å². The third kappa shape index (κ3) is 3.46. The van der Waals surface area contributed by atoms with Gasteiger partial charge in [0.1, 0.15) is 11.5 Å². The Bertz CT molecular complexity index is 647. The van der Waals surface area contributed by atoms with Crippen molar-refractivity contribution >= 4 is 11.6 Å². The largest absolute Gasteiger partial charge is 0.508 e. The summed E-state index contributed by atoms with van der Waals surface area (Å²) in [6.45, 7) is 2.71. The number of ether oxygens (including phenoxy) is 1. The molecule has 122 valence electrons.